The van der Waals surface area contributed by atoms with Gasteiger partial charge in [0.05, 0.1) is 12.2 Å². The Morgan fingerprint density at radius 3 is 2.86 bits per heavy atom. The molecule has 0 atom stereocenters. The fraction of sp³-hybridized carbons (Fsp3) is 0.533. The van der Waals surface area contributed by atoms with Crippen molar-refractivity contribution in [1.82, 2.24) is 24.8 Å². The predicted octanol–water partition coefficient (Wildman–Crippen LogP) is 1.35. The fourth-order valence-corrected chi connectivity index (χ4v) is 2.58. The molecule has 0 radical (unpaired) electrons. The summed E-state index contributed by atoms with van der Waals surface area (Å²) in [6.07, 6.45) is 4.32. The number of nitrogens with one attached hydrogen (secondary N) is 2. The maximum absolute atomic E-state index is 12.2. The van der Waals surface area contributed by atoms with Crippen LogP contribution < -0.4 is 5.56 Å². The van der Waals surface area contributed by atoms with Crippen LogP contribution in [0.25, 0.3) is 0 Å². The molecule has 0 saturated heterocycles. The molecule has 1 aliphatic rings. The van der Waals surface area contributed by atoms with Crippen LogP contribution >= 0.6 is 0 Å². The van der Waals surface area contributed by atoms with E-state index in [0.29, 0.717) is 6.54 Å². The van der Waals surface area contributed by atoms with E-state index in [4.69, 9.17) is 4.98 Å². The van der Waals surface area contributed by atoms with Gasteiger partial charge < -0.3 is 9.97 Å². The Balaban J connectivity index is 1.87. The second-order valence-electron chi connectivity index (χ2n) is 6.59. The van der Waals surface area contributed by atoms with Gasteiger partial charge in [-0.2, -0.15) is 0 Å². The molecule has 1 aliphatic heterocycles. The third-order valence-electron chi connectivity index (χ3n) is 3.79. The van der Waals surface area contributed by atoms with Gasteiger partial charge in [-0.25, -0.2) is 9.97 Å². The van der Waals surface area contributed by atoms with E-state index in [1.54, 1.807) is 6.20 Å². The highest BCUT2D eigenvalue weighted by Crippen LogP contribution is 2.21. The van der Waals surface area contributed by atoms with Crippen molar-refractivity contribution in [3.05, 3.63) is 45.7 Å². The van der Waals surface area contributed by atoms with Gasteiger partial charge in [-0.05, 0) is 6.42 Å². The number of nitrogens with zero attached hydrogens (tertiary/aromatic N) is 3. The second-order valence-corrected chi connectivity index (χ2v) is 6.59. The van der Waals surface area contributed by atoms with E-state index in [9.17, 15) is 4.79 Å². The van der Waals surface area contributed by atoms with E-state index in [1.165, 1.54) is 0 Å². The van der Waals surface area contributed by atoms with Crippen molar-refractivity contribution >= 4 is 0 Å². The van der Waals surface area contributed by atoms with Crippen molar-refractivity contribution in [3.63, 3.8) is 0 Å². The molecule has 2 N–H and O–H groups in total. The summed E-state index contributed by atoms with van der Waals surface area (Å²) in [4.78, 5) is 29.5. The number of hydrogen-bond acceptors (Lipinski definition) is 4. The number of fused-ring (bicyclic) bond motifs is 1. The topological polar surface area (TPSA) is 77.7 Å². The third kappa shape index (κ3) is 2.90. The molecule has 0 amide bonds. The van der Waals surface area contributed by atoms with Crippen LogP contribution in [-0.2, 0) is 24.9 Å². The molecular formula is C15H21N5O. The molecule has 112 valence electrons. The molecule has 21 heavy (non-hydrogen) atoms. The average molecular weight is 287 g/mol. The van der Waals surface area contributed by atoms with Gasteiger partial charge in [-0.15, -0.1) is 0 Å². The lowest BCUT2D eigenvalue weighted by Crippen LogP contribution is -2.36. The summed E-state index contributed by atoms with van der Waals surface area (Å²) in [6, 6.07) is 0. The molecule has 0 bridgehead atoms. The van der Waals surface area contributed by atoms with Gasteiger partial charge in [0.15, 0.2) is 0 Å². The first kappa shape index (κ1) is 14.0. The minimum Gasteiger partial charge on any atom is -0.348 e. The molecule has 6 heteroatoms. The first-order chi connectivity index (χ1) is 9.93. The minimum absolute atomic E-state index is 0.0163. The van der Waals surface area contributed by atoms with Gasteiger partial charge in [0, 0.05) is 36.5 Å². The van der Waals surface area contributed by atoms with Crippen LogP contribution in [0.5, 0.6) is 0 Å². The van der Waals surface area contributed by atoms with Crippen LogP contribution in [0.4, 0.5) is 0 Å². The first-order valence-electron chi connectivity index (χ1n) is 7.26. The van der Waals surface area contributed by atoms with Crippen molar-refractivity contribution in [3.8, 4) is 0 Å². The van der Waals surface area contributed by atoms with Gasteiger partial charge >= 0.3 is 0 Å². The number of imidazole rings is 1. The first-order valence-corrected chi connectivity index (χ1v) is 7.26. The molecule has 6 nitrogen and oxygen atoms in total. The number of aromatic amines is 2. The summed E-state index contributed by atoms with van der Waals surface area (Å²) >= 11 is 0. The number of hydrogen-bond donors (Lipinski definition) is 2. The highest BCUT2D eigenvalue weighted by Gasteiger charge is 2.24. The molecule has 0 unspecified atom stereocenters. The molecule has 0 aliphatic carbocycles. The maximum Gasteiger partial charge on any atom is 0.254 e. The van der Waals surface area contributed by atoms with Crippen LogP contribution in [0.3, 0.4) is 0 Å². The minimum atomic E-state index is -0.155. The molecule has 0 saturated carbocycles. The summed E-state index contributed by atoms with van der Waals surface area (Å²) in [5.41, 5.74) is 1.60. The predicted molar refractivity (Wildman–Crippen MR) is 80.0 cm³/mol. The quantitative estimate of drug-likeness (QED) is 0.874. The van der Waals surface area contributed by atoms with Crippen molar-refractivity contribution in [2.45, 2.75) is 45.7 Å². The van der Waals surface area contributed by atoms with E-state index in [2.05, 4.69) is 40.6 Å². The maximum atomic E-state index is 12.2. The summed E-state index contributed by atoms with van der Waals surface area (Å²) in [7, 11) is 0. The Labute approximate surface area is 123 Å². The largest absolute Gasteiger partial charge is 0.348 e. The molecule has 2 aromatic rings. The second kappa shape index (κ2) is 5.11. The fourth-order valence-electron chi connectivity index (χ4n) is 2.58. The molecule has 0 aromatic carbocycles. The van der Waals surface area contributed by atoms with Gasteiger partial charge in [-0.3, -0.25) is 9.69 Å². The lowest BCUT2D eigenvalue weighted by atomic mass is 9.95. The van der Waals surface area contributed by atoms with Crippen LogP contribution in [0.15, 0.2) is 17.2 Å². The highest BCUT2D eigenvalue weighted by atomic mass is 16.1. The summed E-state index contributed by atoms with van der Waals surface area (Å²) in [6.45, 7) is 8.48. The van der Waals surface area contributed by atoms with Gasteiger partial charge in [0.2, 0.25) is 0 Å². The Morgan fingerprint density at radius 1 is 1.38 bits per heavy atom. The van der Waals surface area contributed by atoms with Gasteiger partial charge in [-0.1, -0.05) is 20.8 Å². The number of H-pyrrole nitrogens is 2. The molecule has 3 rings (SSSR count). The molecule has 3 heterocycles. The highest BCUT2D eigenvalue weighted by molar-refractivity contribution is 5.22. The van der Waals surface area contributed by atoms with E-state index in [1.807, 2.05) is 6.20 Å². The van der Waals surface area contributed by atoms with E-state index >= 15 is 0 Å². The Morgan fingerprint density at radius 2 is 2.19 bits per heavy atom. The summed E-state index contributed by atoms with van der Waals surface area (Å²) in [5.74, 6) is 1.70. The lowest BCUT2D eigenvalue weighted by molar-refractivity contribution is 0.234. The number of aromatic nitrogens is 4. The SMILES string of the molecule is CC(C)(C)c1nc2c(c(=O)[nH]1)CCN(Cc1ncc[nH]1)C2. The average Bonchev–Trinajstić information content (AvgIpc) is 2.90. The lowest BCUT2D eigenvalue weighted by Gasteiger charge is -2.28. The van der Waals surface area contributed by atoms with Crippen molar-refractivity contribution in [2.24, 2.45) is 0 Å². The normalized spacial score (nSPS) is 16.0. The Bertz CT molecular complexity index is 681. The van der Waals surface area contributed by atoms with Crippen LogP contribution in [-0.4, -0.2) is 31.4 Å². The Hall–Kier alpha value is -1.95. The zero-order chi connectivity index (χ0) is 15.0. The van der Waals surface area contributed by atoms with Crippen molar-refractivity contribution in [1.29, 1.82) is 0 Å². The van der Waals surface area contributed by atoms with Gasteiger partial charge in [0.25, 0.3) is 5.56 Å². The van der Waals surface area contributed by atoms with Crippen LogP contribution in [0.1, 0.15) is 43.7 Å². The zero-order valence-corrected chi connectivity index (χ0v) is 12.7. The van der Waals surface area contributed by atoms with Crippen molar-refractivity contribution in [2.75, 3.05) is 6.54 Å². The standard InChI is InChI=1S/C15H21N5O/c1-15(2,3)14-18-11-8-20(9-12-16-5-6-17-12)7-4-10(11)13(21)19-14/h5-6H,4,7-9H2,1-3H3,(H,16,17)(H,18,19,21). The van der Waals surface area contributed by atoms with Crippen LogP contribution in [0, 0.1) is 0 Å². The Kier molecular flexibility index (Phi) is 3.41. The van der Waals surface area contributed by atoms with E-state index in [-0.39, 0.29) is 11.0 Å². The van der Waals surface area contributed by atoms with Crippen molar-refractivity contribution < 1.29 is 0 Å². The summed E-state index contributed by atoms with van der Waals surface area (Å²) < 4.78 is 0. The molecular weight excluding hydrogens is 266 g/mol. The van der Waals surface area contributed by atoms with Crippen LogP contribution in [0.2, 0.25) is 0 Å². The summed E-state index contributed by atoms with van der Waals surface area (Å²) in [5, 5.41) is 0. The smallest absolute Gasteiger partial charge is 0.254 e. The monoisotopic (exact) mass is 287 g/mol. The molecule has 2 aromatic heterocycles. The molecule has 0 fully saturated rings. The van der Waals surface area contributed by atoms with E-state index < -0.39 is 0 Å². The van der Waals surface area contributed by atoms with E-state index in [0.717, 1.165) is 42.4 Å². The number of rotatable bonds is 2. The molecule has 0 spiro atoms. The zero-order valence-electron chi connectivity index (χ0n) is 12.7. The van der Waals surface area contributed by atoms with Gasteiger partial charge in [0.1, 0.15) is 11.6 Å². The third-order valence-corrected chi connectivity index (χ3v) is 3.79.